The normalized spacial score (nSPS) is 32.7. The molecule has 0 radical (unpaired) electrons. The van der Waals surface area contributed by atoms with E-state index >= 15 is 0 Å². The largest absolute Gasteiger partial charge is 0.469 e. The first-order valence-corrected chi connectivity index (χ1v) is 8.98. The average Bonchev–Trinajstić information content (AvgIpc) is 3.18. The fraction of sp³-hybridized carbons (Fsp3) is 0.889. The van der Waals surface area contributed by atoms with Crippen molar-refractivity contribution in [1.82, 2.24) is 0 Å². The van der Waals surface area contributed by atoms with Crippen LogP contribution in [0.3, 0.4) is 0 Å². The first-order chi connectivity index (χ1) is 11.0. The predicted molar refractivity (Wildman–Crippen MR) is 85.8 cm³/mol. The minimum absolute atomic E-state index is 0.271. The van der Waals surface area contributed by atoms with Gasteiger partial charge >= 0.3 is 11.9 Å². The monoisotopic (exact) mass is 326 g/mol. The lowest BCUT2D eigenvalue weighted by atomic mass is 9.85. The number of rotatable bonds is 6. The van der Waals surface area contributed by atoms with E-state index < -0.39 is 11.8 Å². The van der Waals surface area contributed by atoms with Crippen LogP contribution in [0.15, 0.2) is 0 Å². The van der Waals surface area contributed by atoms with Gasteiger partial charge in [0.15, 0.2) is 0 Å². The van der Waals surface area contributed by atoms with E-state index in [1.54, 1.807) is 0 Å². The molecule has 0 aromatic carbocycles. The minimum atomic E-state index is -0.558. The van der Waals surface area contributed by atoms with E-state index in [0.29, 0.717) is 12.8 Å². The summed E-state index contributed by atoms with van der Waals surface area (Å²) >= 11 is 0. The van der Waals surface area contributed by atoms with E-state index in [4.69, 9.17) is 14.2 Å². The third-order valence-electron chi connectivity index (χ3n) is 5.56. The number of ether oxygens (including phenoxy) is 3. The van der Waals surface area contributed by atoms with Gasteiger partial charge < -0.3 is 14.2 Å². The second-order valence-corrected chi connectivity index (χ2v) is 6.77. The van der Waals surface area contributed by atoms with Crippen molar-refractivity contribution in [2.45, 2.75) is 83.5 Å². The summed E-state index contributed by atoms with van der Waals surface area (Å²) in [6, 6.07) is 0. The molecule has 132 valence electrons. The lowest BCUT2D eigenvalue weighted by Gasteiger charge is -2.31. The zero-order valence-corrected chi connectivity index (χ0v) is 14.8. The van der Waals surface area contributed by atoms with Crippen molar-refractivity contribution in [2.24, 2.45) is 11.8 Å². The molecular weight excluding hydrogens is 296 g/mol. The van der Waals surface area contributed by atoms with Crippen LogP contribution in [-0.2, 0) is 23.8 Å². The summed E-state index contributed by atoms with van der Waals surface area (Å²) in [5, 5.41) is 0. The van der Waals surface area contributed by atoms with Crippen LogP contribution in [0.2, 0.25) is 0 Å². The summed E-state index contributed by atoms with van der Waals surface area (Å²) < 4.78 is 16.8. The van der Waals surface area contributed by atoms with Gasteiger partial charge in [-0.3, -0.25) is 9.59 Å². The smallest absolute Gasteiger partial charge is 0.313 e. The molecule has 0 amide bonds. The van der Waals surface area contributed by atoms with Gasteiger partial charge in [-0.25, -0.2) is 0 Å². The minimum Gasteiger partial charge on any atom is -0.469 e. The van der Waals surface area contributed by atoms with Crippen molar-refractivity contribution < 1.29 is 23.8 Å². The molecule has 1 saturated carbocycles. The molecule has 1 heterocycles. The summed E-state index contributed by atoms with van der Waals surface area (Å²) in [7, 11) is 1.36. The van der Waals surface area contributed by atoms with Crippen LogP contribution in [0.25, 0.3) is 0 Å². The highest BCUT2D eigenvalue weighted by Gasteiger charge is 2.53. The number of hydrogen-bond acceptors (Lipinski definition) is 5. The van der Waals surface area contributed by atoms with Gasteiger partial charge in [-0.05, 0) is 44.9 Å². The quantitative estimate of drug-likeness (QED) is 0.701. The summed E-state index contributed by atoms with van der Waals surface area (Å²) in [6.07, 6.45) is 5.66. The van der Waals surface area contributed by atoms with Crippen LogP contribution in [0.5, 0.6) is 0 Å². The predicted octanol–water partition coefficient (Wildman–Crippen LogP) is 3.25. The Hall–Kier alpha value is -1.10. The van der Waals surface area contributed by atoms with Gasteiger partial charge in [0.1, 0.15) is 5.60 Å². The third kappa shape index (κ3) is 3.54. The lowest BCUT2D eigenvalue weighted by Crippen LogP contribution is -2.41. The molecule has 2 fully saturated rings. The molecule has 0 spiro atoms. The maximum atomic E-state index is 12.9. The fourth-order valence-corrected chi connectivity index (χ4v) is 4.12. The second-order valence-electron chi connectivity index (χ2n) is 6.77. The highest BCUT2D eigenvalue weighted by molar-refractivity contribution is 5.84. The maximum absolute atomic E-state index is 12.9. The maximum Gasteiger partial charge on any atom is 0.313 e. The highest BCUT2D eigenvalue weighted by atomic mass is 16.6. The van der Waals surface area contributed by atoms with Crippen LogP contribution < -0.4 is 0 Å². The van der Waals surface area contributed by atoms with Crippen LogP contribution in [0.1, 0.15) is 65.7 Å². The van der Waals surface area contributed by atoms with E-state index in [1.807, 2.05) is 13.8 Å². The summed E-state index contributed by atoms with van der Waals surface area (Å²) in [5.41, 5.74) is -0.347. The average molecular weight is 326 g/mol. The van der Waals surface area contributed by atoms with E-state index in [1.165, 1.54) is 7.11 Å². The van der Waals surface area contributed by atoms with E-state index in [0.717, 1.165) is 32.1 Å². The highest BCUT2D eigenvalue weighted by Crippen LogP contribution is 2.41. The molecule has 1 aliphatic carbocycles. The molecule has 4 atom stereocenters. The Morgan fingerprint density at radius 2 is 1.52 bits per heavy atom. The third-order valence-corrected chi connectivity index (χ3v) is 5.56. The van der Waals surface area contributed by atoms with Crippen molar-refractivity contribution in [3.63, 3.8) is 0 Å². The summed E-state index contributed by atoms with van der Waals surface area (Å²) in [5.74, 6) is -1.77. The Bertz CT molecular complexity index is 427. The van der Waals surface area contributed by atoms with Crippen molar-refractivity contribution in [2.75, 3.05) is 7.11 Å². The molecule has 0 bridgehead atoms. The van der Waals surface area contributed by atoms with Crippen LogP contribution in [-0.4, -0.2) is 36.9 Å². The van der Waals surface area contributed by atoms with E-state index in [-0.39, 0.29) is 29.7 Å². The van der Waals surface area contributed by atoms with Crippen molar-refractivity contribution in [1.29, 1.82) is 0 Å². The molecule has 5 nitrogen and oxygen atoms in total. The van der Waals surface area contributed by atoms with Gasteiger partial charge in [0.25, 0.3) is 0 Å². The second kappa shape index (κ2) is 7.65. The van der Waals surface area contributed by atoms with E-state index in [9.17, 15) is 9.59 Å². The molecular formula is C18H30O5. The van der Waals surface area contributed by atoms with Gasteiger partial charge in [-0.2, -0.15) is 0 Å². The van der Waals surface area contributed by atoms with Crippen LogP contribution in [0.4, 0.5) is 0 Å². The fourth-order valence-electron chi connectivity index (χ4n) is 4.12. The molecule has 23 heavy (non-hydrogen) atoms. The molecule has 0 N–H and O–H groups in total. The number of esters is 2. The van der Waals surface area contributed by atoms with Crippen molar-refractivity contribution in [3.8, 4) is 0 Å². The van der Waals surface area contributed by atoms with Gasteiger partial charge in [-0.15, -0.1) is 0 Å². The van der Waals surface area contributed by atoms with Gasteiger partial charge in [-0.1, -0.05) is 20.8 Å². The van der Waals surface area contributed by atoms with Gasteiger partial charge in [0, 0.05) is 0 Å². The van der Waals surface area contributed by atoms with Gasteiger partial charge in [0.05, 0.1) is 31.2 Å². The summed E-state index contributed by atoms with van der Waals surface area (Å²) in [4.78, 5) is 25.2. The molecule has 2 rings (SSSR count). The Balaban J connectivity index is 2.21. The Labute approximate surface area is 139 Å². The standard InChI is InChI=1S/C18H30O5/c1-5-12-14(16(19)21-4)15(13(6-2)22-12)17(20)23-18(7-3)10-8-9-11-18/h12-15H,5-11H2,1-4H3. The first kappa shape index (κ1) is 18.2. The first-order valence-electron chi connectivity index (χ1n) is 8.98. The lowest BCUT2D eigenvalue weighted by molar-refractivity contribution is -0.171. The molecule has 2 aliphatic rings. The summed E-state index contributed by atoms with van der Waals surface area (Å²) in [6.45, 7) is 6.00. The van der Waals surface area contributed by atoms with Crippen molar-refractivity contribution in [3.05, 3.63) is 0 Å². The molecule has 0 aromatic rings. The molecule has 0 aromatic heterocycles. The zero-order valence-electron chi connectivity index (χ0n) is 14.8. The molecule has 4 unspecified atom stereocenters. The van der Waals surface area contributed by atoms with Crippen molar-refractivity contribution >= 4 is 11.9 Å². The Morgan fingerprint density at radius 3 is 1.96 bits per heavy atom. The van der Waals surface area contributed by atoms with Gasteiger partial charge in [0.2, 0.25) is 0 Å². The topological polar surface area (TPSA) is 61.8 Å². The number of hydrogen-bond donors (Lipinski definition) is 0. The Kier molecular flexibility index (Phi) is 6.06. The van der Waals surface area contributed by atoms with E-state index in [2.05, 4.69) is 6.92 Å². The zero-order chi connectivity index (χ0) is 17.0. The van der Waals surface area contributed by atoms with Crippen LogP contribution >= 0.6 is 0 Å². The number of carbonyl (C=O) groups is 2. The molecule has 5 heteroatoms. The van der Waals surface area contributed by atoms with Crippen LogP contribution in [0, 0.1) is 11.8 Å². The SMILES string of the molecule is CCC1OC(CC)C(C(=O)OC2(CC)CCCC2)C1C(=O)OC. The Morgan fingerprint density at radius 1 is 1.00 bits per heavy atom. The number of carbonyl (C=O) groups excluding carboxylic acids is 2. The molecule has 1 aliphatic heterocycles. The molecule has 1 saturated heterocycles. The number of methoxy groups -OCH3 is 1.